The van der Waals surface area contributed by atoms with Crippen molar-refractivity contribution in [2.75, 3.05) is 58.9 Å². The molecule has 30 heavy (non-hydrogen) atoms. The van der Waals surface area contributed by atoms with Crippen LogP contribution in [-0.4, -0.2) is 108 Å². The molecular weight excluding hydrogens is 491 g/mol. The molecule has 1 N–H and O–H groups in total. The lowest BCUT2D eigenvalue weighted by Crippen LogP contribution is -2.57. The van der Waals surface area contributed by atoms with Crippen molar-refractivity contribution in [2.45, 2.75) is 71.5 Å². The Morgan fingerprint density at radius 1 is 1.03 bits per heavy atom. The first-order valence-electron chi connectivity index (χ1n) is 11.8. The van der Waals surface area contributed by atoms with Gasteiger partial charge in [-0.3, -0.25) is 19.6 Å². The molecule has 0 aromatic carbocycles. The number of carbonyl (C=O) groups excluding carboxylic acids is 1. The van der Waals surface area contributed by atoms with E-state index in [-0.39, 0.29) is 30.0 Å². The summed E-state index contributed by atoms with van der Waals surface area (Å²) >= 11 is 0. The second-order valence-electron chi connectivity index (χ2n) is 9.03. The molecule has 174 valence electrons. The van der Waals surface area contributed by atoms with Crippen LogP contribution in [0.3, 0.4) is 0 Å². The highest BCUT2D eigenvalue weighted by molar-refractivity contribution is 14.0. The Hall–Kier alpha value is -0.610. The van der Waals surface area contributed by atoms with E-state index in [2.05, 4.69) is 47.7 Å². The maximum Gasteiger partial charge on any atom is 0.239 e. The second kappa shape index (κ2) is 12.4. The van der Waals surface area contributed by atoms with Crippen molar-refractivity contribution in [1.29, 1.82) is 0 Å². The second-order valence-corrected chi connectivity index (χ2v) is 9.03. The molecule has 0 bridgehead atoms. The van der Waals surface area contributed by atoms with Crippen LogP contribution in [-0.2, 0) is 4.79 Å². The molecule has 2 heterocycles. The zero-order valence-electron chi connectivity index (χ0n) is 19.5. The van der Waals surface area contributed by atoms with Gasteiger partial charge < -0.3 is 15.1 Å². The lowest BCUT2D eigenvalue weighted by Gasteiger charge is -2.39. The van der Waals surface area contributed by atoms with Crippen LogP contribution in [0.15, 0.2) is 4.99 Å². The molecule has 1 unspecified atom stereocenters. The van der Waals surface area contributed by atoms with E-state index in [4.69, 9.17) is 4.99 Å². The molecule has 8 heteroatoms. The van der Waals surface area contributed by atoms with Crippen LogP contribution in [0.1, 0.15) is 53.4 Å². The van der Waals surface area contributed by atoms with E-state index >= 15 is 0 Å². The largest absolute Gasteiger partial charge is 0.357 e. The Kier molecular flexibility index (Phi) is 10.6. The van der Waals surface area contributed by atoms with E-state index in [0.29, 0.717) is 11.9 Å². The minimum atomic E-state index is -0.00656. The van der Waals surface area contributed by atoms with Gasteiger partial charge in [0, 0.05) is 64.4 Å². The number of nitrogens with zero attached hydrogens (tertiary/aromatic N) is 5. The quantitative estimate of drug-likeness (QED) is 0.294. The molecule has 1 aliphatic carbocycles. The minimum absolute atomic E-state index is 0. The van der Waals surface area contributed by atoms with E-state index in [1.807, 2.05) is 4.90 Å². The Morgan fingerprint density at radius 2 is 1.67 bits per heavy atom. The summed E-state index contributed by atoms with van der Waals surface area (Å²) in [6.45, 7) is 17.1. The van der Waals surface area contributed by atoms with Crippen molar-refractivity contribution < 1.29 is 4.79 Å². The van der Waals surface area contributed by atoms with Gasteiger partial charge in [-0.25, -0.2) is 0 Å². The number of halogens is 1. The molecule has 3 rings (SSSR count). The number of aliphatic imine (C=N–C) groups is 1. The monoisotopic (exact) mass is 534 g/mol. The summed E-state index contributed by atoms with van der Waals surface area (Å²) in [5.74, 6) is 1.34. The van der Waals surface area contributed by atoms with Gasteiger partial charge in [0.25, 0.3) is 0 Å². The van der Waals surface area contributed by atoms with Gasteiger partial charge in [0.1, 0.15) is 0 Å². The first-order chi connectivity index (χ1) is 14.0. The standard InChI is InChI=1S/C22H42N6O.HI/c1-5-23-22(24-10-13-28(18(2)3)20-8-9-20)27-16-14-25(15-17-27)19(4)21(29)26-11-6-7-12-26;/h18-20H,5-17H2,1-4H3,(H,23,24);1H. The normalized spacial score (nSPS) is 21.9. The highest BCUT2D eigenvalue weighted by Crippen LogP contribution is 2.28. The third-order valence-electron chi connectivity index (χ3n) is 6.57. The minimum Gasteiger partial charge on any atom is -0.357 e. The average Bonchev–Trinajstić information content (AvgIpc) is 3.41. The van der Waals surface area contributed by atoms with Crippen molar-refractivity contribution in [2.24, 2.45) is 4.99 Å². The average molecular weight is 535 g/mol. The lowest BCUT2D eigenvalue weighted by atomic mass is 10.2. The van der Waals surface area contributed by atoms with Crippen molar-refractivity contribution in [3.05, 3.63) is 0 Å². The number of rotatable bonds is 8. The molecule has 0 aromatic rings. The predicted molar refractivity (Wildman–Crippen MR) is 135 cm³/mol. The van der Waals surface area contributed by atoms with Crippen LogP contribution in [0.5, 0.6) is 0 Å². The third kappa shape index (κ3) is 6.95. The summed E-state index contributed by atoms with van der Waals surface area (Å²) in [5, 5.41) is 3.48. The zero-order valence-corrected chi connectivity index (χ0v) is 21.8. The Balaban J connectivity index is 0.00000320. The predicted octanol–water partition coefficient (Wildman–Crippen LogP) is 2.07. The van der Waals surface area contributed by atoms with Gasteiger partial charge in [-0.2, -0.15) is 0 Å². The molecule has 1 atom stereocenters. The topological polar surface area (TPSA) is 54.4 Å². The summed E-state index contributed by atoms with van der Waals surface area (Å²) in [4.78, 5) is 27.0. The Morgan fingerprint density at radius 3 is 2.20 bits per heavy atom. The number of amides is 1. The van der Waals surface area contributed by atoms with Gasteiger partial charge >= 0.3 is 0 Å². The fourth-order valence-electron chi connectivity index (χ4n) is 4.64. The van der Waals surface area contributed by atoms with Crippen LogP contribution in [0.25, 0.3) is 0 Å². The van der Waals surface area contributed by atoms with Crippen molar-refractivity contribution in [3.8, 4) is 0 Å². The molecular formula is C22H43IN6O. The van der Waals surface area contributed by atoms with Crippen LogP contribution >= 0.6 is 24.0 Å². The summed E-state index contributed by atoms with van der Waals surface area (Å²) in [6, 6.07) is 1.37. The van der Waals surface area contributed by atoms with Gasteiger partial charge in [-0.1, -0.05) is 0 Å². The number of hydrogen-bond acceptors (Lipinski definition) is 4. The van der Waals surface area contributed by atoms with Crippen molar-refractivity contribution in [1.82, 2.24) is 24.9 Å². The first kappa shape index (κ1) is 25.6. The van der Waals surface area contributed by atoms with Crippen LogP contribution in [0.2, 0.25) is 0 Å². The summed E-state index contributed by atoms with van der Waals surface area (Å²) in [5.41, 5.74) is 0. The molecule has 0 aromatic heterocycles. The summed E-state index contributed by atoms with van der Waals surface area (Å²) < 4.78 is 0. The zero-order chi connectivity index (χ0) is 20.8. The number of piperazine rings is 1. The van der Waals surface area contributed by atoms with Crippen LogP contribution in [0, 0.1) is 0 Å². The molecule has 0 radical (unpaired) electrons. The summed E-state index contributed by atoms with van der Waals surface area (Å²) in [6.07, 6.45) is 5.00. The number of guanidine groups is 1. The van der Waals surface area contributed by atoms with Gasteiger partial charge in [0.05, 0.1) is 12.6 Å². The van der Waals surface area contributed by atoms with Gasteiger partial charge in [-0.15, -0.1) is 24.0 Å². The summed E-state index contributed by atoms with van der Waals surface area (Å²) in [7, 11) is 0. The van der Waals surface area contributed by atoms with E-state index in [1.54, 1.807) is 0 Å². The van der Waals surface area contributed by atoms with Gasteiger partial charge in [0.15, 0.2) is 5.96 Å². The Labute approximate surface area is 200 Å². The molecule has 3 aliphatic rings. The fraction of sp³-hybridized carbons (Fsp3) is 0.909. The highest BCUT2D eigenvalue weighted by atomic mass is 127. The molecule has 0 spiro atoms. The first-order valence-corrected chi connectivity index (χ1v) is 11.8. The highest BCUT2D eigenvalue weighted by Gasteiger charge is 2.31. The molecule has 1 amide bonds. The van der Waals surface area contributed by atoms with Crippen molar-refractivity contribution in [3.63, 3.8) is 0 Å². The maximum absolute atomic E-state index is 12.7. The fourth-order valence-corrected chi connectivity index (χ4v) is 4.64. The molecule has 3 fully saturated rings. The van der Waals surface area contributed by atoms with E-state index in [0.717, 1.165) is 83.7 Å². The van der Waals surface area contributed by atoms with Crippen LogP contribution < -0.4 is 5.32 Å². The molecule has 2 saturated heterocycles. The smallest absolute Gasteiger partial charge is 0.239 e. The van der Waals surface area contributed by atoms with Gasteiger partial charge in [0.2, 0.25) is 5.91 Å². The molecule has 7 nitrogen and oxygen atoms in total. The number of likely N-dealkylation sites (tertiary alicyclic amines) is 1. The lowest BCUT2D eigenvalue weighted by molar-refractivity contribution is -0.135. The Bertz CT molecular complexity index is 552. The van der Waals surface area contributed by atoms with E-state index < -0.39 is 0 Å². The third-order valence-corrected chi connectivity index (χ3v) is 6.57. The van der Waals surface area contributed by atoms with Crippen molar-refractivity contribution >= 4 is 35.8 Å². The van der Waals surface area contributed by atoms with Crippen LogP contribution in [0.4, 0.5) is 0 Å². The van der Waals surface area contributed by atoms with E-state index in [9.17, 15) is 4.79 Å². The molecule has 2 aliphatic heterocycles. The van der Waals surface area contributed by atoms with E-state index in [1.165, 1.54) is 12.8 Å². The maximum atomic E-state index is 12.7. The number of carbonyl (C=O) groups is 1. The number of hydrogen-bond donors (Lipinski definition) is 1. The number of nitrogens with one attached hydrogen (secondary N) is 1. The molecule has 1 saturated carbocycles. The SMILES string of the molecule is CCNC(=NCCN(C(C)C)C1CC1)N1CCN(C(C)C(=O)N2CCCC2)CC1.I. The van der Waals surface area contributed by atoms with Gasteiger partial charge in [-0.05, 0) is 53.4 Å².